The highest BCUT2D eigenvalue weighted by Crippen LogP contribution is 2.20. The lowest BCUT2D eigenvalue weighted by atomic mass is 10.1. The zero-order chi connectivity index (χ0) is 14.7. The number of rotatable bonds is 5. The van der Waals surface area contributed by atoms with Crippen molar-refractivity contribution in [1.29, 1.82) is 0 Å². The summed E-state index contributed by atoms with van der Waals surface area (Å²) in [5.41, 5.74) is 3.00. The van der Waals surface area contributed by atoms with E-state index in [4.69, 9.17) is 0 Å². The van der Waals surface area contributed by atoms with E-state index in [0.29, 0.717) is 24.3 Å². The molecule has 2 N–H and O–H groups in total. The highest BCUT2D eigenvalue weighted by Gasteiger charge is 2.08. The van der Waals surface area contributed by atoms with E-state index in [0.717, 1.165) is 11.4 Å². The largest absolute Gasteiger partial charge is 0.305 e. The maximum Gasteiger partial charge on any atom is 0.132 e. The summed E-state index contributed by atoms with van der Waals surface area (Å²) in [5, 5.41) is 14.6. The molecule has 0 atom stereocenters. The fourth-order valence-electron chi connectivity index (χ4n) is 2.14. The minimum Gasteiger partial charge on any atom is -0.305 e. The van der Waals surface area contributed by atoms with Gasteiger partial charge in [0.2, 0.25) is 0 Å². The average Bonchev–Trinajstić information content (AvgIpc) is 3.09. The topological polar surface area (TPSA) is 58.5 Å². The van der Waals surface area contributed by atoms with Gasteiger partial charge in [-0.15, -0.1) is 0 Å². The molecule has 0 saturated carbocycles. The molecule has 5 nitrogen and oxygen atoms in total. The van der Waals surface area contributed by atoms with Gasteiger partial charge in [-0.25, -0.2) is 4.39 Å². The van der Waals surface area contributed by atoms with E-state index >= 15 is 0 Å². The number of H-pyrrole nitrogens is 1. The van der Waals surface area contributed by atoms with Crippen molar-refractivity contribution >= 4 is 0 Å². The molecule has 0 spiro atoms. The van der Waals surface area contributed by atoms with Crippen LogP contribution >= 0.6 is 0 Å². The number of aromatic nitrogens is 4. The van der Waals surface area contributed by atoms with Crippen LogP contribution in [0.3, 0.4) is 0 Å². The lowest BCUT2D eigenvalue weighted by Gasteiger charge is -1.99. The first kappa shape index (κ1) is 13.5. The summed E-state index contributed by atoms with van der Waals surface area (Å²) in [6, 6.07) is 10.4. The Hall–Kier alpha value is -2.47. The first-order chi connectivity index (χ1) is 10.2. The van der Waals surface area contributed by atoms with Crippen molar-refractivity contribution in [2.24, 2.45) is 7.05 Å². The maximum atomic E-state index is 13.7. The van der Waals surface area contributed by atoms with Crippen LogP contribution in [-0.2, 0) is 20.1 Å². The van der Waals surface area contributed by atoms with E-state index in [9.17, 15) is 4.39 Å². The summed E-state index contributed by atoms with van der Waals surface area (Å²) in [7, 11) is 1.89. The lowest BCUT2D eigenvalue weighted by Crippen LogP contribution is -2.13. The molecular weight excluding hydrogens is 269 g/mol. The molecule has 0 bridgehead atoms. The first-order valence-corrected chi connectivity index (χ1v) is 6.71. The number of aromatic amines is 1. The Morgan fingerprint density at radius 1 is 1.24 bits per heavy atom. The van der Waals surface area contributed by atoms with Gasteiger partial charge in [0.1, 0.15) is 5.82 Å². The molecular formula is C15H16FN5. The summed E-state index contributed by atoms with van der Waals surface area (Å²) in [6.45, 7) is 1.30. The quantitative estimate of drug-likeness (QED) is 0.756. The molecule has 108 valence electrons. The van der Waals surface area contributed by atoms with Gasteiger partial charge in [-0.1, -0.05) is 12.1 Å². The van der Waals surface area contributed by atoms with Crippen molar-refractivity contribution < 1.29 is 4.39 Å². The van der Waals surface area contributed by atoms with Crippen molar-refractivity contribution in [2.75, 3.05) is 0 Å². The first-order valence-electron chi connectivity index (χ1n) is 6.71. The Bertz CT molecular complexity index is 731. The minimum atomic E-state index is -0.267. The number of halogens is 1. The molecule has 21 heavy (non-hydrogen) atoms. The third kappa shape index (κ3) is 3.17. The van der Waals surface area contributed by atoms with Crippen molar-refractivity contribution in [3.05, 3.63) is 59.8 Å². The molecule has 0 fully saturated rings. The van der Waals surface area contributed by atoms with Crippen LogP contribution in [0.25, 0.3) is 11.3 Å². The Labute approximate surface area is 121 Å². The Kier molecular flexibility index (Phi) is 3.79. The molecule has 0 unspecified atom stereocenters. The van der Waals surface area contributed by atoms with Crippen LogP contribution in [0, 0.1) is 5.82 Å². The van der Waals surface area contributed by atoms with E-state index in [-0.39, 0.29) is 5.82 Å². The van der Waals surface area contributed by atoms with Gasteiger partial charge in [-0.3, -0.25) is 9.78 Å². The minimum absolute atomic E-state index is 0.267. The number of hydrogen-bond donors (Lipinski definition) is 2. The molecule has 0 radical (unpaired) electrons. The molecule has 6 heteroatoms. The van der Waals surface area contributed by atoms with E-state index in [1.165, 1.54) is 6.07 Å². The lowest BCUT2D eigenvalue weighted by molar-refractivity contribution is 0.630. The molecule has 0 aliphatic rings. The van der Waals surface area contributed by atoms with Crippen LogP contribution in [0.1, 0.15) is 11.4 Å². The zero-order valence-corrected chi connectivity index (χ0v) is 11.7. The van der Waals surface area contributed by atoms with Crippen LogP contribution in [0.5, 0.6) is 0 Å². The molecule has 1 aromatic carbocycles. The summed E-state index contributed by atoms with van der Waals surface area (Å²) in [5.74, 6) is -0.267. The highest BCUT2D eigenvalue weighted by atomic mass is 19.1. The normalized spacial score (nSPS) is 11.0. The maximum absolute atomic E-state index is 13.7. The molecule has 0 saturated heterocycles. The van der Waals surface area contributed by atoms with Gasteiger partial charge in [0, 0.05) is 37.6 Å². The van der Waals surface area contributed by atoms with Gasteiger partial charge < -0.3 is 5.32 Å². The second-order valence-electron chi connectivity index (χ2n) is 4.84. The molecule has 0 amide bonds. The van der Waals surface area contributed by atoms with Crippen molar-refractivity contribution in [2.45, 2.75) is 13.1 Å². The van der Waals surface area contributed by atoms with Crippen LogP contribution in [-0.4, -0.2) is 20.0 Å². The summed E-state index contributed by atoms with van der Waals surface area (Å²) in [4.78, 5) is 0. The summed E-state index contributed by atoms with van der Waals surface area (Å²) in [6.07, 6.45) is 1.91. The van der Waals surface area contributed by atoms with E-state index in [1.807, 2.05) is 25.4 Å². The highest BCUT2D eigenvalue weighted by molar-refractivity contribution is 5.59. The second kappa shape index (κ2) is 5.88. The average molecular weight is 285 g/mol. The van der Waals surface area contributed by atoms with Gasteiger partial charge in [0.15, 0.2) is 0 Å². The molecule has 0 aliphatic carbocycles. The van der Waals surface area contributed by atoms with Crippen LogP contribution in [0.15, 0.2) is 42.6 Å². The number of nitrogens with one attached hydrogen (secondary N) is 2. The van der Waals surface area contributed by atoms with Gasteiger partial charge in [-0.2, -0.15) is 10.2 Å². The molecule has 2 aromatic heterocycles. The Balaban J connectivity index is 1.62. The molecule has 3 rings (SSSR count). The number of aryl methyl sites for hydroxylation is 1. The number of benzene rings is 1. The SMILES string of the molecule is Cn1ccc(CNCc2cc(-c3ccccc3F)n[nH]2)n1. The fourth-order valence-corrected chi connectivity index (χ4v) is 2.14. The van der Waals surface area contributed by atoms with Crippen molar-refractivity contribution in [3.63, 3.8) is 0 Å². The second-order valence-corrected chi connectivity index (χ2v) is 4.84. The van der Waals surface area contributed by atoms with Crippen molar-refractivity contribution in [3.8, 4) is 11.3 Å². The number of nitrogens with zero attached hydrogens (tertiary/aromatic N) is 3. The zero-order valence-electron chi connectivity index (χ0n) is 11.7. The van der Waals surface area contributed by atoms with Crippen molar-refractivity contribution in [1.82, 2.24) is 25.3 Å². The standard InChI is InChI=1S/C15H16FN5/c1-21-7-6-11(20-21)9-17-10-12-8-15(19-18-12)13-4-2-3-5-14(13)16/h2-8,17H,9-10H2,1H3,(H,18,19). The van der Waals surface area contributed by atoms with Crippen LogP contribution in [0.4, 0.5) is 4.39 Å². The van der Waals surface area contributed by atoms with Gasteiger partial charge in [0.05, 0.1) is 11.4 Å². The van der Waals surface area contributed by atoms with E-state index in [1.54, 1.807) is 22.9 Å². The smallest absolute Gasteiger partial charge is 0.132 e. The van der Waals surface area contributed by atoms with Crippen LogP contribution < -0.4 is 5.32 Å². The van der Waals surface area contributed by atoms with Gasteiger partial charge in [0.25, 0.3) is 0 Å². The molecule has 0 aliphatic heterocycles. The summed E-state index contributed by atoms with van der Waals surface area (Å²) < 4.78 is 15.4. The predicted octanol–water partition coefficient (Wildman–Crippen LogP) is 2.24. The van der Waals surface area contributed by atoms with Crippen LogP contribution in [0.2, 0.25) is 0 Å². The van der Waals surface area contributed by atoms with E-state index < -0.39 is 0 Å². The third-order valence-corrected chi connectivity index (χ3v) is 3.17. The molecule has 3 aromatic rings. The van der Waals surface area contributed by atoms with Gasteiger partial charge in [-0.05, 0) is 24.3 Å². The number of hydrogen-bond acceptors (Lipinski definition) is 3. The summed E-state index contributed by atoms with van der Waals surface area (Å²) >= 11 is 0. The monoisotopic (exact) mass is 285 g/mol. The van der Waals surface area contributed by atoms with Gasteiger partial charge >= 0.3 is 0 Å². The Morgan fingerprint density at radius 3 is 2.86 bits per heavy atom. The Morgan fingerprint density at radius 2 is 2.10 bits per heavy atom. The molecule has 2 heterocycles. The predicted molar refractivity (Wildman–Crippen MR) is 77.7 cm³/mol. The van der Waals surface area contributed by atoms with E-state index in [2.05, 4.69) is 20.6 Å². The fraction of sp³-hybridized carbons (Fsp3) is 0.200. The third-order valence-electron chi connectivity index (χ3n) is 3.17.